The number of hydrogen-bond acceptors (Lipinski definition) is 5. The van der Waals surface area contributed by atoms with Crippen molar-refractivity contribution in [2.45, 2.75) is 39.8 Å². The topological polar surface area (TPSA) is 121 Å². The van der Waals surface area contributed by atoms with Crippen molar-refractivity contribution >= 4 is 17.8 Å². The van der Waals surface area contributed by atoms with Gasteiger partial charge in [-0.3, -0.25) is 14.6 Å². The van der Waals surface area contributed by atoms with Gasteiger partial charge in [0.15, 0.2) is 0 Å². The summed E-state index contributed by atoms with van der Waals surface area (Å²) in [5, 5.41) is 14.2. The molecular weight excluding hydrogens is 300 g/mol. The number of carbonyl (C=O) groups is 3. The molecule has 0 bridgehead atoms. The first-order valence-corrected chi connectivity index (χ1v) is 7.34. The van der Waals surface area contributed by atoms with Crippen molar-refractivity contribution in [1.82, 2.24) is 20.6 Å². The molecule has 0 aliphatic rings. The van der Waals surface area contributed by atoms with Crippen LogP contribution >= 0.6 is 0 Å². The fourth-order valence-corrected chi connectivity index (χ4v) is 1.92. The predicted molar refractivity (Wildman–Crippen MR) is 82.5 cm³/mol. The van der Waals surface area contributed by atoms with Gasteiger partial charge < -0.3 is 15.7 Å². The summed E-state index contributed by atoms with van der Waals surface area (Å²) in [4.78, 5) is 43.3. The number of amides is 2. The molecule has 1 heterocycles. The lowest BCUT2D eigenvalue weighted by Gasteiger charge is -2.25. The third kappa shape index (κ3) is 5.32. The second-order valence-corrected chi connectivity index (χ2v) is 5.85. The van der Waals surface area contributed by atoms with Crippen molar-refractivity contribution in [2.24, 2.45) is 11.8 Å². The number of carboxylic acid groups (broad SMARTS) is 1. The highest BCUT2D eigenvalue weighted by Crippen LogP contribution is 2.07. The summed E-state index contributed by atoms with van der Waals surface area (Å²) in [7, 11) is 0. The zero-order chi connectivity index (χ0) is 17.6. The molecule has 0 aliphatic heterocycles. The Hall–Kier alpha value is -2.51. The quantitative estimate of drug-likeness (QED) is 0.670. The van der Waals surface area contributed by atoms with E-state index < -0.39 is 29.9 Å². The number of hydrogen-bond donors (Lipinski definition) is 3. The molecule has 1 rings (SSSR count). The second kappa shape index (κ2) is 8.21. The SMILES string of the molecule is CC(C)[C@H](NC(=O)[C@@H](NC(=O)c1cnccn1)C(C)C)C(=O)O. The maximum atomic E-state index is 12.3. The van der Waals surface area contributed by atoms with Crippen LogP contribution in [0.4, 0.5) is 0 Å². The number of aliphatic carboxylic acids is 1. The van der Waals surface area contributed by atoms with Crippen molar-refractivity contribution < 1.29 is 19.5 Å². The van der Waals surface area contributed by atoms with Crippen LogP contribution in [0.2, 0.25) is 0 Å². The van der Waals surface area contributed by atoms with Gasteiger partial charge in [-0.05, 0) is 11.8 Å². The third-order valence-electron chi connectivity index (χ3n) is 3.26. The lowest BCUT2D eigenvalue weighted by atomic mass is 10.00. The molecule has 23 heavy (non-hydrogen) atoms. The molecule has 0 aromatic carbocycles. The molecule has 1 aromatic heterocycles. The highest BCUT2D eigenvalue weighted by atomic mass is 16.4. The number of rotatable bonds is 7. The molecule has 8 heteroatoms. The van der Waals surface area contributed by atoms with Gasteiger partial charge in [0.05, 0.1) is 6.20 Å². The summed E-state index contributed by atoms with van der Waals surface area (Å²) in [6, 6.07) is -1.89. The molecule has 0 radical (unpaired) electrons. The monoisotopic (exact) mass is 322 g/mol. The third-order valence-corrected chi connectivity index (χ3v) is 3.26. The van der Waals surface area contributed by atoms with E-state index in [9.17, 15) is 14.4 Å². The molecule has 126 valence electrons. The summed E-state index contributed by atoms with van der Waals surface area (Å²) in [5.41, 5.74) is 0.0876. The first-order valence-electron chi connectivity index (χ1n) is 7.34. The van der Waals surface area contributed by atoms with Crippen LogP contribution in [0.1, 0.15) is 38.2 Å². The van der Waals surface area contributed by atoms with Gasteiger partial charge in [-0.25, -0.2) is 9.78 Å². The minimum atomic E-state index is -1.11. The molecule has 0 saturated carbocycles. The van der Waals surface area contributed by atoms with Gasteiger partial charge in [-0.1, -0.05) is 27.7 Å². The standard InChI is InChI=1S/C15H22N4O4/c1-8(2)11(14(21)19-12(9(3)4)15(22)23)18-13(20)10-7-16-5-6-17-10/h5-9,11-12H,1-4H3,(H,18,20)(H,19,21)(H,22,23)/t11-,12-/m0/s1. The summed E-state index contributed by atoms with van der Waals surface area (Å²) in [6.45, 7) is 6.90. The Balaban J connectivity index is 2.83. The molecule has 3 N–H and O–H groups in total. The molecule has 0 spiro atoms. The van der Waals surface area contributed by atoms with Crippen LogP contribution in [-0.2, 0) is 9.59 Å². The number of carbonyl (C=O) groups excluding carboxylic acids is 2. The van der Waals surface area contributed by atoms with Crippen molar-refractivity contribution in [3.05, 3.63) is 24.3 Å². The van der Waals surface area contributed by atoms with Crippen LogP contribution in [0.5, 0.6) is 0 Å². The molecule has 2 atom stereocenters. The van der Waals surface area contributed by atoms with E-state index in [4.69, 9.17) is 5.11 Å². The van der Waals surface area contributed by atoms with Gasteiger partial charge >= 0.3 is 5.97 Å². The Labute approximate surface area is 134 Å². The van der Waals surface area contributed by atoms with Crippen LogP contribution in [0.25, 0.3) is 0 Å². The Morgan fingerprint density at radius 3 is 2.04 bits per heavy atom. The summed E-state index contributed by atoms with van der Waals surface area (Å²) in [5.74, 6) is -2.70. The lowest BCUT2D eigenvalue weighted by Crippen LogP contribution is -2.55. The maximum absolute atomic E-state index is 12.3. The van der Waals surface area contributed by atoms with Gasteiger partial charge in [-0.15, -0.1) is 0 Å². The van der Waals surface area contributed by atoms with E-state index in [1.54, 1.807) is 27.7 Å². The van der Waals surface area contributed by atoms with Crippen molar-refractivity contribution in [2.75, 3.05) is 0 Å². The largest absolute Gasteiger partial charge is 0.480 e. The van der Waals surface area contributed by atoms with Gasteiger partial charge in [0, 0.05) is 12.4 Å². The van der Waals surface area contributed by atoms with Crippen LogP contribution in [0.15, 0.2) is 18.6 Å². The number of nitrogens with one attached hydrogen (secondary N) is 2. The first kappa shape index (κ1) is 18.5. The van der Waals surface area contributed by atoms with Crippen LogP contribution < -0.4 is 10.6 Å². The lowest BCUT2D eigenvalue weighted by molar-refractivity contribution is -0.143. The molecule has 0 fully saturated rings. The van der Waals surface area contributed by atoms with E-state index in [1.807, 2.05) is 0 Å². The molecule has 2 amide bonds. The van der Waals surface area contributed by atoms with E-state index >= 15 is 0 Å². The first-order chi connectivity index (χ1) is 10.7. The highest BCUT2D eigenvalue weighted by molar-refractivity contribution is 5.96. The fraction of sp³-hybridized carbons (Fsp3) is 0.533. The normalized spacial score (nSPS) is 13.5. The smallest absolute Gasteiger partial charge is 0.326 e. The van der Waals surface area contributed by atoms with E-state index in [1.165, 1.54) is 18.6 Å². The van der Waals surface area contributed by atoms with Crippen molar-refractivity contribution in [1.29, 1.82) is 0 Å². The summed E-state index contributed by atoms with van der Waals surface area (Å²) >= 11 is 0. The Morgan fingerprint density at radius 1 is 1.00 bits per heavy atom. The van der Waals surface area contributed by atoms with Gasteiger partial charge in [0.25, 0.3) is 5.91 Å². The fourth-order valence-electron chi connectivity index (χ4n) is 1.92. The zero-order valence-electron chi connectivity index (χ0n) is 13.6. The van der Waals surface area contributed by atoms with Crippen LogP contribution in [-0.4, -0.2) is 44.9 Å². The minimum Gasteiger partial charge on any atom is -0.480 e. The summed E-state index contributed by atoms with van der Waals surface area (Å²) < 4.78 is 0. The van der Waals surface area contributed by atoms with Crippen LogP contribution in [0.3, 0.4) is 0 Å². The maximum Gasteiger partial charge on any atom is 0.326 e. The van der Waals surface area contributed by atoms with E-state index in [2.05, 4.69) is 20.6 Å². The van der Waals surface area contributed by atoms with E-state index in [-0.39, 0.29) is 17.5 Å². The van der Waals surface area contributed by atoms with Crippen molar-refractivity contribution in [3.63, 3.8) is 0 Å². The minimum absolute atomic E-state index is 0.0876. The number of aromatic nitrogens is 2. The average molecular weight is 322 g/mol. The van der Waals surface area contributed by atoms with Gasteiger partial charge in [0.2, 0.25) is 5.91 Å². The molecular formula is C15H22N4O4. The van der Waals surface area contributed by atoms with Crippen LogP contribution in [0, 0.1) is 11.8 Å². The van der Waals surface area contributed by atoms with Crippen molar-refractivity contribution in [3.8, 4) is 0 Å². The average Bonchev–Trinajstić information content (AvgIpc) is 2.49. The van der Waals surface area contributed by atoms with Gasteiger partial charge in [0.1, 0.15) is 17.8 Å². The molecule has 0 saturated heterocycles. The second-order valence-electron chi connectivity index (χ2n) is 5.85. The van der Waals surface area contributed by atoms with E-state index in [0.717, 1.165) is 0 Å². The number of nitrogens with zero attached hydrogens (tertiary/aromatic N) is 2. The van der Waals surface area contributed by atoms with E-state index in [0.29, 0.717) is 0 Å². The number of carboxylic acids is 1. The molecule has 0 unspecified atom stereocenters. The Bertz CT molecular complexity index is 560. The molecule has 0 aliphatic carbocycles. The summed E-state index contributed by atoms with van der Waals surface area (Å²) in [6.07, 6.45) is 4.10. The Kier molecular flexibility index (Phi) is 6.62. The molecule has 8 nitrogen and oxygen atoms in total. The van der Waals surface area contributed by atoms with Gasteiger partial charge in [-0.2, -0.15) is 0 Å². The highest BCUT2D eigenvalue weighted by Gasteiger charge is 2.30. The zero-order valence-corrected chi connectivity index (χ0v) is 13.6. The predicted octanol–water partition coefficient (Wildman–Crippen LogP) is 0.456. The Morgan fingerprint density at radius 2 is 1.61 bits per heavy atom. The molecule has 1 aromatic rings.